The topological polar surface area (TPSA) is 78.5 Å². The average molecular weight is 376 g/mol. The third kappa shape index (κ3) is 2.45. The summed E-state index contributed by atoms with van der Waals surface area (Å²) in [6.07, 6.45) is 3.66. The highest BCUT2D eigenvalue weighted by molar-refractivity contribution is 5.94. The van der Waals surface area contributed by atoms with Crippen LogP contribution in [0, 0.1) is 17.8 Å². The molecule has 2 fully saturated rings. The number of rotatable bonds is 3. The second-order valence-electron chi connectivity index (χ2n) is 8.23. The van der Waals surface area contributed by atoms with E-state index >= 15 is 0 Å². The third-order valence-electron chi connectivity index (χ3n) is 7.03. The lowest BCUT2D eigenvalue weighted by Gasteiger charge is -2.44. The van der Waals surface area contributed by atoms with Gasteiger partial charge in [0.25, 0.3) is 0 Å². The number of nitrogens with one attached hydrogen (secondary N) is 1. The van der Waals surface area contributed by atoms with Crippen LogP contribution in [0.25, 0.3) is 0 Å². The van der Waals surface area contributed by atoms with E-state index in [0.717, 1.165) is 11.1 Å². The first-order chi connectivity index (χ1) is 13.6. The summed E-state index contributed by atoms with van der Waals surface area (Å²) in [5, 5.41) is 15.3. The third-order valence-corrected chi connectivity index (χ3v) is 7.03. The first-order valence-electron chi connectivity index (χ1n) is 9.87. The summed E-state index contributed by atoms with van der Waals surface area (Å²) in [5.74, 6) is 0.570. The zero-order valence-electron chi connectivity index (χ0n) is 15.7. The fraction of sp³-hybridized carbons (Fsp3) is 0.391. The van der Waals surface area contributed by atoms with Gasteiger partial charge in [-0.2, -0.15) is 0 Å². The van der Waals surface area contributed by atoms with E-state index in [2.05, 4.69) is 11.4 Å². The summed E-state index contributed by atoms with van der Waals surface area (Å²) in [6.45, 7) is 0. The number of fused-ring (bicyclic) bond motifs is 7. The van der Waals surface area contributed by atoms with Gasteiger partial charge < -0.3 is 20.0 Å². The zero-order valence-corrected chi connectivity index (χ0v) is 15.7. The molecule has 5 atom stereocenters. The Hall–Kier alpha value is -2.82. The molecule has 0 spiro atoms. The number of esters is 1. The summed E-state index contributed by atoms with van der Waals surface area (Å²) in [5.41, 5.74) is 3.66. The molecule has 2 aromatic carbocycles. The molecule has 5 heteroatoms. The minimum atomic E-state index is -1.15. The quantitative estimate of drug-likeness (QED) is 0.833. The summed E-state index contributed by atoms with van der Waals surface area (Å²) in [4.78, 5) is 23.5. The predicted molar refractivity (Wildman–Crippen MR) is 102 cm³/mol. The van der Waals surface area contributed by atoms with Crippen molar-refractivity contribution in [2.24, 2.45) is 17.8 Å². The number of ether oxygens (including phenoxy) is 1. The molecule has 0 unspecified atom stereocenters. The Morgan fingerprint density at radius 2 is 1.82 bits per heavy atom. The van der Waals surface area contributed by atoms with E-state index < -0.39 is 5.97 Å². The number of para-hydroxylation sites is 1. The first-order valence-corrected chi connectivity index (χ1v) is 9.87. The largest absolute Gasteiger partial charge is 0.545 e. The molecule has 1 heterocycles. The fourth-order valence-electron chi connectivity index (χ4n) is 5.96. The van der Waals surface area contributed by atoms with E-state index in [0.29, 0.717) is 34.9 Å². The van der Waals surface area contributed by atoms with E-state index in [1.807, 2.05) is 18.2 Å². The number of hydrogen-bond donors (Lipinski definition) is 1. The van der Waals surface area contributed by atoms with Gasteiger partial charge in [-0.15, -0.1) is 0 Å². The minimum Gasteiger partial charge on any atom is -0.545 e. The van der Waals surface area contributed by atoms with Crippen LogP contribution >= 0.6 is 0 Å². The Labute approximate surface area is 163 Å². The maximum absolute atomic E-state index is 11.8. The van der Waals surface area contributed by atoms with E-state index in [4.69, 9.17) is 4.74 Å². The van der Waals surface area contributed by atoms with Crippen molar-refractivity contribution in [2.75, 3.05) is 12.4 Å². The lowest BCUT2D eigenvalue weighted by Crippen LogP contribution is -2.37. The second kappa shape index (κ2) is 6.36. The van der Waals surface area contributed by atoms with Gasteiger partial charge in [0.15, 0.2) is 0 Å². The van der Waals surface area contributed by atoms with Crippen molar-refractivity contribution in [2.45, 2.75) is 31.2 Å². The molecular weight excluding hydrogens is 354 g/mol. The standard InChI is InChI=1S/C23H23NO4/c1-28-23(27)13-7-5-12(6-8-13)20-19-15-10-9-14(11-15)18(19)16-3-2-4-17(22(25)26)21(16)24-20/h2-8,14-15,18-20,24H,9-11H2,1H3,(H,25,26)/p-1/t14-,15+,18+,19-,20+/m0/s1. The van der Waals surface area contributed by atoms with Gasteiger partial charge >= 0.3 is 5.97 Å². The number of carbonyl (C=O) groups is 2. The maximum atomic E-state index is 11.8. The van der Waals surface area contributed by atoms with Gasteiger partial charge in [0.05, 0.1) is 24.7 Å². The van der Waals surface area contributed by atoms with Crippen molar-refractivity contribution in [1.29, 1.82) is 0 Å². The molecule has 2 aromatic rings. The van der Waals surface area contributed by atoms with Crippen LogP contribution < -0.4 is 10.4 Å². The molecule has 1 aliphatic heterocycles. The van der Waals surface area contributed by atoms with Crippen LogP contribution in [0.1, 0.15) is 63.1 Å². The molecule has 0 radical (unpaired) electrons. The molecular formula is C23H22NO4-. The lowest BCUT2D eigenvalue weighted by atomic mass is 9.67. The SMILES string of the molecule is COC(=O)c1ccc([C@H]2Nc3c(C(=O)[O-])cccc3[C@H]3[C@H]4CC[C@H](C4)[C@@H]32)cc1. The number of anilines is 1. The molecule has 2 saturated carbocycles. The van der Waals surface area contributed by atoms with Crippen LogP contribution in [-0.2, 0) is 4.74 Å². The summed E-state index contributed by atoms with van der Waals surface area (Å²) >= 11 is 0. The number of carboxylic acids is 1. The number of aromatic carboxylic acids is 1. The molecule has 2 aliphatic carbocycles. The van der Waals surface area contributed by atoms with Gasteiger partial charge in [-0.1, -0.05) is 30.3 Å². The normalized spacial score (nSPS) is 29.5. The van der Waals surface area contributed by atoms with Crippen molar-refractivity contribution in [3.05, 3.63) is 64.7 Å². The monoisotopic (exact) mass is 376 g/mol. The van der Waals surface area contributed by atoms with Crippen molar-refractivity contribution in [3.63, 3.8) is 0 Å². The second-order valence-corrected chi connectivity index (χ2v) is 8.23. The Balaban J connectivity index is 1.59. The Morgan fingerprint density at radius 3 is 2.54 bits per heavy atom. The van der Waals surface area contributed by atoms with Crippen LogP contribution in [0.3, 0.4) is 0 Å². The summed E-state index contributed by atoms with van der Waals surface area (Å²) < 4.78 is 4.79. The van der Waals surface area contributed by atoms with Gasteiger partial charge in [-0.25, -0.2) is 4.79 Å². The molecule has 144 valence electrons. The molecule has 28 heavy (non-hydrogen) atoms. The van der Waals surface area contributed by atoms with Gasteiger partial charge in [0.2, 0.25) is 0 Å². The summed E-state index contributed by atoms with van der Waals surface area (Å²) in [6, 6.07) is 13.0. The highest BCUT2D eigenvalue weighted by Gasteiger charge is 2.54. The van der Waals surface area contributed by atoms with Gasteiger partial charge in [0.1, 0.15) is 0 Å². The van der Waals surface area contributed by atoms with Crippen molar-refractivity contribution < 1.29 is 19.4 Å². The van der Waals surface area contributed by atoms with Crippen molar-refractivity contribution in [3.8, 4) is 0 Å². The number of methoxy groups -OCH3 is 1. The number of carbonyl (C=O) groups excluding carboxylic acids is 2. The van der Waals surface area contributed by atoms with E-state index in [9.17, 15) is 14.7 Å². The Morgan fingerprint density at radius 1 is 1.07 bits per heavy atom. The van der Waals surface area contributed by atoms with Gasteiger partial charge in [-0.3, -0.25) is 0 Å². The van der Waals surface area contributed by atoms with Crippen LogP contribution in [0.2, 0.25) is 0 Å². The molecule has 2 bridgehead atoms. The number of carboxylic acid groups (broad SMARTS) is 1. The molecule has 5 nitrogen and oxygen atoms in total. The van der Waals surface area contributed by atoms with E-state index in [-0.39, 0.29) is 17.6 Å². The van der Waals surface area contributed by atoms with Gasteiger partial charge in [0, 0.05) is 11.3 Å². The van der Waals surface area contributed by atoms with Gasteiger partial charge in [-0.05, 0) is 66.2 Å². The number of hydrogen-bond acceptors (Lipinski definition) is 5. The summed E-state index contributed by atoms with van der Waals surface area (Å²) in [7, 11) is 1.37. The maximum Gasteiger partial charge on any atom is 0.337 e. The average Bonchev–Trinajstić information content (AvgIpc) is 3.35. The molecule has 5 rings (SSSR count). The molecule has 0 amide bonds. The van der Waals surface area contributed by atoms with Crippen LogP contribution in [0.15, 0.2) is 42.5 Å². The van der Waals surface area contributed by atoms with Crippen LogP contribution in [0.5, 0.6) is 0 Å². The van der Waals surface area contributed by atoms with E-state index in [1.165, 1.54) is 26.4 Å². The van der Waals surface area contributed by atoms with Crippen LogP contribution in [-0.4, -0.2) is 19.0 Å². The van der Waals surface area contributed by atoms with Crippen LogP contribution in [0.4, 0.5) is 5.69 Å². The number of benzene rings is 2. The zero-order chi connectivity index (χ0) is 19.4. The molecule has 3 aliphatic rings. The van der Waals surface area contributed by atoms with Crippen molar-refractivity contribution >= 4 is 17.6 Å². The van der Waals surface area contributed by atoms with Crippen molar-refractivity contribution in [1.82, 2.24) is 0 Å². The molecule has 0 saturated heterocycles. The fourth-order valence-corrected chi connectivity index (χ4v) is 5.96. The minimum absolute atomic E-state index is 0.0278. The first kappa shape index (κ1) is 17.3. The lowest BCUT2D eigenvalue weighted by molar-refractivity contribution is -0.254. The predicted octanol–water partition coefficient (Wildman–Crippen LogP) is 3.13. The smallest absolute Gasteiger partial charge is 0.337 e. The Bertz CT molecular complexity index is 952. The molecule has 1 N–H and O–H groups in total. The molecule has 0 aromatic heterocycles. The highest BCUT2D eigenvalue weighted by Crippen LogP contribution is 2.63. The highest BCUT2D eigenvalue weighted by atomic mass is 16.5. The Kier molecular flexibility index (Phi) is 3.93. The van der Waals surface area contributed by atoms with E-state index in [1.54, 1.807) is 18.2 Å².